The van der Waals surface area contributed by atoms with E-state index in [0.29, 0.717) is 44.5 Å². The second kappa shape index (κ2) is 13.2. The van der Waals surface area contributed by atoms with Gasteiger partial charge in [-0.15, -0.1) is 0 Å². The Hall–Kier alpha value is -2.27. The number of methoxy groups -OCH3 is 1. The third-order valence-corrected chi connectivity index (χ3v) is 9.02. The predicted molar refractivity (Wildman–Crippen MR) is 149 cm³/mol. The van der Waals surface area contributed by atoms with Gasteiger partial charge in [-0.05, 0) is 36.8 Å². The Morgan fingerprint density at radius 1 is 1.08 bits per heavy atom. The fourth-order valence-corrected chi connectivity index (χ4v) is 6.72. The molecule has 1 atom stereocenters. The zero-order valence-electron chi connectivity index (χ0n) is 21.3. The summed E-state index contributed by atoms with van der Waals surface area (Å²) in [6.07, 6.45) is 2.33. The van der Waals surface area contributed by atoms with E-state index in [-0.39, 0.29) is 12.4 Å². The molecule has 1 aromatic carbocycles. The average molecular weight is 604 g/mol. The lowest BCUT2D eigenvalue weighted by atomic mass is 10.0. The van der Waals surface area contributed by atoms with Gasteiger partial charge in [0.2, 0.25) is 14.3 Å². The Balaban J connectivity index is 1.56. The van der Waals surface area contributed by atoms with E-state index in [4.69, 9.17) is 28.7 Å². The number of morpholine rings is 2. The van der Waals surface area contributed by atoms with Crippen molar-refractivity contribution >= 4 is 47.6 Å². The second-order valence-corrected chi connectivity index (χ2v) is 11.6. The van der Waals surface area contributed by atoms with Gasteiger partial charge in [0, 0.05) is 48.8 Å². The van der Waals surface area contributed by atoms with Crippen molar-refractivity contribution in [1.29, 1.82) is 0 Å². The molecule has 0 amide bonds. The highest BCUT2D eigenvalue weighted by Crippen LogP contribution is 2.47. The van der Waals surface area contributed by atoms with Crippen molar-refractivity contribution in [2.45, 2.75) is 18.9 Å². The van der Waals surface area contributed by atoms with Gasteiger partial charge < -0.3 is 18.7 Å². The molecule has 0 bridgehead atoms. The first kappa shape index (κ1) is 27.3. The number of carbonyl (C=O) groups excluding carboxylic acids is 1. The number of esters is 1. The average Bonchev–Trinajstić information content (AvgIpc) is 3.12. The summed E-state index contributed by atoms with van der Waals surface area (Å²) in [5, 5.41) is 0. The monoisotopic (exact) mass is 603 g/mol. The van der Waals surface area contributed by atoms with Gasteiger partial charge in [-0.25, -0.2) is 14.3 Å². The van der Waals surface area contributed by atoms with Crippen molar-refractivity contribution in [2.75, 3.05) is 59.7 Å². The minimum Gasteiger partial charge on any atom is -0.469 e. The molecule has 0 saturated carbocycles. The van der Waals surface area contributed by atoms with Gasteiger partial charge >= 0.3 is 5.97 Å². The summed E-state index contributed by atoms with van der Waals surface area (Å²) < 4.78 is 28.6. The molecule has 12 heteroatoms. The summed E-state index contributed by atoms with van der Waals surface area (Å²) in [5.74, 6) is 0.194. The third kappa shape index (κ3) is 6.65. The smallest absolute Gasteiger partial charge is 0.305 e. The fraction of sp³-hybridized carbons (Fsp3) is 0.462. The van der Waals surface area contributed by atoms with Gasteiger partial charge in [0.25, 0.3) is 0 Å². The molecule has 4 heterocycles. The van der Waals surface area contributed by atoms with Crippen molar-refractivity contribution < 1.29 is 23.5 Å². The molecule has 0 unspecified atom stereocenters. The molecule has 2 saturated heterocycles. The summed E-state index contributed by atoms with van der Waals surface area (Å²) >= 11 is 3.60. The van der Waals surface area contributed by atoms with Crippen molar-refractivity contribution in [3.63, 3.8) is 0 Å². The molecular formula is C26H31BrN5O5P. The number of carbonyl (C=O) groups is 1. The van der Waals surface area contributed by atoms with E-state index < -0.39 is 14.5 Å². The highest BCUT2D eigenvalue weighted by molar-refractivity contribution is 9.10. The van der Waals surface area contributed by atoms with Crippen LogP contribution in [0, 0.1) is 0 Å². The van der Waals surface area contributed by atoms with Gasteiger partial charge in [0.15, 0.2) is 0 Å². The van der Waals surface area contributed by atoms with Crippen LogP contribution in [-0.4, -0.2) is 97.7 Å². The first-order valence-corrected chi connectivity index (χ1v) is 14.7. The van der Waals surface area contributed by atoms with Crippen LogP contribution in [0.5, 0.6) is 0 Å². The largest absolute Gasteiger partial charge is 0.469 e. The number of benzene rings is 1. The lowest BCUT2D eigenvalue weighted by Crippen LogP contribution is -2.42. The quantitative estimate of drug-likeness (QED) is 0.346. The number of aliphatic imine (C=N–C) groups is 2. The minimum absolute atomic E-state index is 0.190. The van der Waals surface area contributed by atoms with Crippen molar-refractivity contribution in [3.8, 4) is 0 Å². The molecule has 202 valence electrons. The maximum absolute atomic E-state index is 12.2. The molecule has 5 rings (SSSR count). The number of nitrogens with zero attached hydrogens (tertiary/aromatic N) is 5. The van der Waals surface area contributed by atoms with Crippen LogP contribution in [-0.2, 0) is 23.5 Å². The molecular weight excluding hydrogens is 573 g/mol. The van der Waals surface area contributed by atoms with E-state index in [2.05, 4.69) is 30.3 Å². The van der Waals surface area contributed by atoms with Crippen LogP contribution >= 0.6 is 24.4 Å². The number of halogens is 1. The molecule has 2 fully saturated rings. The zero-order valence-corrected chi connectivity index (χ0v) is 23.8. The van der Waals surface area contributed by atoms with Crippen molar-refractivity contribution in [1.82, 2.24) is 14.3 Å². The summed E-state index contributed by atoms with van der Waals surface area (Å²) in [5.41, 5.74) is 3.03. The Morgan fingerprint density at radius 3 is 2.42 bits per heavy atom. The molecule has 10 nitrogen and oxygen atoms in total. The highest BCUT2D eigenvalue weighted by Gasteiger charge is 2.35. The number of fused-ring (bicyclic) bond motifs is 1. The first-order valence-electron chi connectivity index (χ1n) is 12.7. The number of aromatic nitrogens is 1. The van der Waals surface area contributed by atoms with Crippen LogP contribution in [0.2, 0.25) is 0 Å². The summed E-state index contributed by atoms with van der Waals surface area (Å²) in [6.45, 7) is 5.72. The molecule has 0 spiro atoms. The van der Waals surface area contributed by atoms with Crippen LogP contribution < -0.4 is 0 Å². The summed E-state index contributed by atoms with van der Waals surface area (Å²) in [4.78, 5) is 27.0. The van der Waals surface area contributed by atoms with Crippen LogP contribution in [0.1, 0.15) is 24.1 Å². The Morgan fingerprint density at radius 2 is 1.79 bits per heavy atom. The molecule has 3 aliphatic heterocycles. The maximum Gasteiger partial charge on any atom is 0.305 e. The topological polar surface area (TPSA) is 98.1 Å². The predicted octanol–water partition coefficient (Wildman–Crippen LogP) is 3.95. The van der Waals surface area contributed by atoms with E-state index in [1.807, 2.05) is 36.4 Å². The number of ether oxygens (including phenoxy) is 3. The Kier molecular flexibility index (Phi) is 9.48. The lowest BCUT2D eigenvalue weighted by Gasteiger charge is -2.40. The van der Waals surface area contributed by atoms with Crippen molar-refractivity contribution in [2.24, 2.45) is 9.98 Å². The van der Waals surface area contributed by atoms with Crippen LogP contribution in [0.3, 0.4) is 0 Å². The summed E-state index contributed by atoms with van der Waals surface area (Å²) in [7, 11) is 0.209. The van der Waals surface area contributed by atoms with Gasteiger partial charge in [0.05, 0.1) is 50.6 Å². The number of pyridine rings is 1. The normalized spacial score (nSPS) is 20.8. The lowest BCUT2D eigenvalue weighted by molar-refractivity contribution is -0.140. The SMILES string of the molecule is COC(=O)CC[C@@H]1N=C(c2ccccn2)c2cc(Br)ccc2N=C1OP(N1CCOCC1)N1CCOCC1. The number of rotatable bonds is 7. The van der Waals surface area contributed by atoms with E-state index in [9.17, 15) is 4.79 Å². The molecule has 0 N–H and O–H groups in total. The molecule has 0 aliphatic carbocycles. The van der Waals surface area contributed by atoms with Gasteiger partial charge in [-0.3, -0.25) is 14.8 Å². The molecule has 2 aromatic rings. The molecule has 1 aromatic heterocycles. The van der Waals surface area contributed by atoms with E-state index >= 15 is 0 Å². The van der Waals surface area contributed by atoms with Gasteiger partial charge in [-0.2, -0.15) is 0 Å². The highest BCUT2D eigenvalue weighted by atomic mass is 79.9. The van der Waals surface area contributed by atoms with Crippen LogP contribution in [0.15, 0.2) is 57.1 Å². The summed E-state index contributed by atoms with van der Waals surface area (Å²) in [6, 6.07) is 11.2. The van der Waals surface area contributed by atoms with Crippen LogP contribution in [0.4, 0.5) is 5.69 Å². The van der Waals surface area contributed by atoms with Crippen molar-refractivity contribution in [3.05, 3.63) is 58.3 Å². The second-order valence-electron chi connectivity index (χ2n) is 8.91. The molecule has 38 heavy (non-hydrogen) atoms. The first-order chi connectivity index (χ1) is 18.6. The van der Waals surface area contributed by atoms with E-state index in [1.54, 1.807) is 6.20 Å². The van der Waals surface area contributed by atoms with E-state index in [0.717, 1.165) is 47.6 Å². The Bertz CT molecular complexity index is 1150. The molecule has 3 aliphatic rings. The standard InChI is InChI=1S/C26H31BrN5O5P/c1-34-24(33)8-7-23-26(37-38(31-10-14-35-15-11-31)32-12-16-36-17-13-32)30-21-6-5-19(27)18-20(21)25(29-23)22-4-2-3-9-28-22/h2-6,9,18,23H,7-8,10-17H2,1H3/t23-/m0/s1. The number of hydrogen-bond donors (Lipinski definition) is 0. The van der Waals surface area contributed by atoms with E-state index in [1.165, 1.54) is 7.11 Å². The molecule has 0 radical (unpaired) electrons. The van der Waals surface area contributed by atoms with Gasteiger partial charge in [0.1, 0.15) is 6.04 Å². The number of hydrogen-bond acceptors (Lipinski definition) is 10. The minimum atomic E-state index is -1.19. The van der Waals surface area contributed by atoms with Crippen LogP contribution in [0.25, 0.3) is 0 Å². The van der Waals surface area contributed by atoms with Gasteiger partial charge in [-0.1, -0.05) is 22.0 Å². The maximum atomic E-state index is 12.2. The third-order valence-electron chi connectivity index (χ3n) is 6.41. The zero-order chi connectivity index (χ0) is 26.3. The fourth-order valence-electron chi connectivity index (χ4n) is 4.43. The Labute approximate surface area is 232 Å².